The van der Waals surface area contributed by atoms with Crippen molar-refractivity contribution in [3.05, 3.63) is 32.9 Å². The molecule has 5 heteroatoms. The minimum atomic E-state index is 0.514. The van der Waals surface area contributed by atoms with Gasteiger partial charge in [0, 0.05) is 10.6 Å². The molecule has 0 unspecified atom stereocenters. The minimum Gasteiger partial charge on any atom is -0.381 e. The molecule has 0 saturated heterocycles. The van der Waals surface area contributed by atoms with Crippen LogP contribution in [0.25, 0.3) is 11.3 Å². The molecular formula is C9H7ClIN3. The Bertz CT molecular complexity index is 467. The molecule has 0 amide bonds. The Morgan fingerprint density at radius 3 is 2.79 bits per heavy atom. The maximum Gasteiger partial charge on any atom is 0.159 e. The highest BCUT2D eigenvalue weighted by atomic mass is 127. The number of anilines is 1. The molecule has 2 rings (SSSR count). The number of hydrogen-bond donors (Lipinski definition) is 2. The first-order chi connectivity index (χ1) is 6.68. The van der Waals surface area contributed by atoms with Gasteiger partial charge in [-0.15, -0.1) is 0 Å². The van der Waals surface area contributed by atoms with Crippen LogP contribution in [0, 0.1) is 3.57 Å². The first-order valence-corrected chi connectivity index (χ1v) is 5.39. The average molecular weight is 320 g/mol. The van der Waals surface area contributed by atoms with Gasteiger partial charge in [-0.05, 0) is 34.7 Å². The van der Waals surface area contributed by atoms with Crippen molar-refractivity contribution >= 4 is 40.0 Å². The van der Waals surface area contributed by atoms with Crippen LogP contribution in [0.5, 0.6) is 0 Å². The van der Waals surface area contributed by atoms with Crippen LogP contribution in [0.15, 0.2) is 24.3 Å². The van der Waals surface area contributed by atoms with E-state index in [1.807, 2.05) is 24.3 Å². The molecule has 72 valence electrons. The number of aromatic amines is 1. The number of hydrogen-bond acceptors (Lipinski definition) is 2. The second-order valence-corrected chi connectivity index (χ2v) is 4.32. The van der Waals surface area contributed by atoms with Crippen molar-refractivity contribution in [1.29, 1.82) is 0 Å². The van der Waals surface area contributed by atoms with Crippen LogP contribution in [-0.4, -0.2) is 10.2 Å². The fourth-order valence-electron chi connectivity index (χ4n) is 1.18. The molecule has 0 spiro atoms. The van der Waals surface area contributed by atoms with E-state index in [1.165, 1.54) is 0 Å². The lowest BCUT2D eigenvalue weighted by atomic mass is 10.1. The summed E-state index contributed by atoms with van der Waals surface area (Å²) in [5.74, 6) is 0.514. The number of halogens is 2. The summed E-state index contributed by atoms with van der Waals surface area (Å²) >= 11 is 8.04. The van der Waals surface area contributed by atoms with Crippen LogP contribution in [0.3, 0.4) is 0 Å². The Morgan fingerprint density at radius 2 is 2.21 bits per heavy atom. The highest BCUT2D eigenvalue weighted by Gasteiger charge is 2.09. The van der Waals surface area contributed by atoms with Crippen molar-refractivity contribution in [3.63, 3.8) is 0 Å². The maximum atomic E-state index is 5.89. The summed E-state index contributed by atoms with van der Waals surface area (Å²) in [6.45, 7) is 0. The lowest BCUT2D eigenvalue weighted by Crippen LogP contribution is -1.86. The molecule has 0 bridgehead atoms. The van der Waals surface area contributed by atoms with Crippen LogP contribution in [0.4, 0.5) is 5.82 Å². The summed E-state index contributed by atoms with van der Waals surface area (Å²) < 4.78 is 0.921. The van der Waals surface area contributed by atoms with Gasteiger partial charge in [0.25, 0.3) is 0 Å². The topological polar surface area (TPSA) is 54.7 Å². The van der Waals surface area contributed by atoms with E-state index >= 15 is 0 Å². The van der Waals surface area contributed by atoms with Crippen molar-refractivity contribution < 1.29 is 0 Å². The first kappa shape index (κ1) is 9.79. The van der Waals surface area contributed by atoms with Gasteiger partial charge in [-0.1, -0.05) is 23.7 Å². The molecule has 0 aliphatic carbocycles. The predicted octanol–water partition coefficient (Wildman–Crippen LogP) is 2.92. The molecule has 0 fully saturated rings. The van der Waals surface area contributed by atoms with Crippen molar-refractivity contribution in [1.82, 2.24) is 10.2 Å². The summed E-state index contributed by atoms with van der Waals surface area (Å²) in [6.07, 6.45) is 0. The van der Waals surface area contributed by atoms with E-state index in [9.17, 15) is 0 Å². The Hall–Kier alpha value is -0.750. The maximum absolute atomic E-state index is 5.89. The lowest BCUT2D eigenvalue weighted by molar-refractivity contribution is 1.10. The first-order valence-electron chi connectivity index (χ1n) is 3.94. The van der Waals surface area contributed by atoms with Crippen molar-refractivity contribution in [2.45, 2.75) is 0 Å². The second-order valence-electron chi connectivity index (χ2n) is 2.81. The SMILES string of the molecule is Nc1n[nH]c(-c2cccc(Cl)c2)c1I. The van der Waals surface area contributed by atoms with E-state index in [0.29, 0.717) is 10.8 Å². The number of benzene rings is 1. The summed E-state index contributed by atoms with van der Waals surface area (Å²) in [6, 6.07) is 7.56. The average Bonchev–Trinajstić information content (AvgIpc) is 2.48. The third-order valence-electron chi connectivity index (χ3n) is 1.85. The molecule has 0 atom stereocenters. The molecule has 1 aromatic heterocycles. The normalized spacial score (nSPS) is 10.4. The number of nitrogen functional groups attached to an aromatic ring is 1. The number of nitrogens with one attached hydrogen (secondary N) is 1. The van der Waals surface area contributed by atoms with Gasteiger partial charge < -0.3 is 5.73 Å². The van der Waals surface area contributed by atoms with Crippen molar-refractivity contribution in [2.24, 2.45) is 0 Å². The molecule has 1 heterocycles. The van der Waals surface area contributed by atoms with Crippen LogP contribution >= 0.6 is 34.2 Å². The summed E-state index contributed by atoms with van der Waals surface area (Å²) in [5.41, 5.74) is 7.53. The van der Waals surface area contributed by atoms with E-state index in [0.717, 1.165) is 14.8 Å². The molecule has 0 radical (unpaired) electrons. The van der Waals surface area contributed by atoms with Crippen molar-refractivity contribution in [2.75, 3.05) is 5.73 Å². The summed E-state index contributed by atoms with van der Waals surface area (Å²) in [7, 11) is 0. The standard InChI is InChI=1S/C9H7ClIN3/c10-6-3-1-2-5(4-6)8-7(11)9(12)14-13-8/h1-4H,(H3,12,13,14). The highest BCUT2D eigenvalue weighted by Crippen LogP contribution is 2.27. The third-order valence-corrected chi connectivity index (χ3v) is 3.17. The van der Waals surface area contributed by atoms with E-state index in [-0.39, 0.29) is 0 Å². The number of nitrogens with zero attached hydrogens (tertiary/aromatic N) is 1. The Balaban J connectivity index is 2.55. The largest absolute Gasteiger partial charge is 0.381 e. The molecule has 3 N–H and O–H groups in total. The van der Waals surface area contributed by atoms with Crippen molar-refractivity contribution in [3.8, 4) is 11.3 Å². The van der Waals surface area contributed by atoms with E-state index in [4.69, 9.17) is 17.3 Å². The third kappa shape index (κ3) is 1.72. The Labute approximate surface area is 99.8 Å². The molecule has 14 heavy (non-hydrogen) atoms. The van der Waals surface area contributed by atoms with Crippen LogP contribution in [-0.2, 0) is 0 Å². The van der Waals surface area contributed by atoms with Gasteiger partial charge in [0.15, 0.2) is 5.82 Å². The molecule has 1 aromatic carbocycles. The molecule has 0 saturated carbocycles. The number of H-pyrrole nitrogens is 1. The zero-order valence-electron chi connectivity index (χ0n) is 7.09. The zero-order valence-corrected chi connectivity index (χ0v) is 10.0. The Kier molecular flexibility index (Phi) is 2.64. The van der Waals surface area contributed by atoms with Crippen LogP contribution < -0.4 is 5.73 Å². The lowest BCUT2D eigenvalue weighted by Gasteiger charge is -1.98. The van der Waals surface area contributed by atoms with Crippen LogP contribution in [0.2, 0.25) is 5.02 Å². The highest BCUT2D eigenvalue weighted by molar-refractivity contribution is 14.1. The fourth-order valence-corrected chi connectivity index (χ4v) is 1.92. The van der Waals surface area contributed by atoms with Gasteiger partial charge in [0.1, 0.15) is 0 Å². The molecule has 2 aromatic rings. The summed E-state index contributed by atoms with van der Waals surface area (Å²) in [5, 5.41) is 7.50. The van der Waals surface area contributed by atoms with E-state index in [1.54, 1.807) is 0 Å². The number of nitrogens with two attached hydrogens (primary N) is 1. The fraction of sp³-hybridized carbons (Fsp3) is 0. The monoisotopic (exact) mass is 319 g/mol. The Morgan fingerprint density at radius 1 is 1.43 bits per heavy atom. The van der Waals surface area contributed by atoms with Gasteiger partial charge in [0.05, 0.1) is 9.26 Å². The molecule has 0 aliphatic rings. The minimum absolute atomic E-state index is 0.514. The van der Waals surface area contributed by atoms with Gasteiger partial charge in [-0.2, -0.15) is 5.10 Å². The number of aromatic nitrogens is 2. The quantitative estimate of drug-likeness (QED) is 0.794. The van der Waals surface area contributed by atoms with Gasteiger partial charge in [-0.3, -0.25) is 5.10 Å². The molecule has 3 nitrogen and oxygen atoms in total. The molecule has 0 aliphatic heterocycles. The van der Waals surface area contributed by atoms with E-state index in [2.05, 4.69) is 32.8 Å². The number of rotatable bonds is 1. The van der Waals surface area contributed by atoms with Gasteiger partial charge in [-0.25, -0.2) is 0 Å². The van der Waals surface area contributed by atoms with Crippen LogP contribution in [0.1, 0.15) is 0 Å². The summed E-state index contributed by atoms with van der Waals surface area (Å²) in [4.78, 5) is 0. The van der Waals surface area contributed by atoms with Gasteiger partial charge >= 0.3 is 0 Å². The zero-order chi connectivity index (χ0) is 10.1. The van der Waals surface area contributed by atoms with E-state index < -0.39 is 0 Å². The van der Waals surface area contributed by atoms with Gasteiger partial charge in [0.2, 0.25) is 0 Å². The molecular weight excluding hydrogens is 312 g/mol. The second kappa shape index (κ2) is 3.78. The predicted molar refractivity (Wildman–Crippen MR) is 66.2 cm³/mol. The smallest absolute Gasteiger partial charge is 0.159 e.